The van der Waals surface area contributed by atoms with E-state index in [1.165, 1.54) is 6.08 Å². The Labute approximate surface area is 114 Å². The van der Waals surface area contributed by atoms with Gasteiger partial charge in [0, 0.05) is 0 Å². The van der Waals surface area contributed by atoms with Crippen molar-refractivity contribution in [2.24, 2.45) is 0 Å². The molecule has 1 aliphatic carbocycles. The normalized spacial score (nSPS) is 18.6. The van der Waals surface area contributed by atoms with Crippen LogP contribution in [0.2, 0.25) is 25.2 Å². The molecule has 2 rings (SSSR count). The molecular weight excluding hydrogens is 291 g/mol. The van der Waals surface area contributed by atoms with Crippen LogP contribution in [-0.2, 0) is 0 Å². The summed E-state index contributed by atoms with van der Waals surface area (Å²) in [5.41, 5.74) is -0.795. The minimum atomic E-state index is -2.13. The van der Waals surface area contributed by atoms with Crippen LogP contribution in [0.4, 0.5) is 22.0 Å². The van der Waals surface area contributed by atoms with Crippen LogP contribution in [0.25, 0.3) is 5.57 Å². The van der Waals surface area contributed by atoms with Gasteiger partial charge >= 0.3 is 0 Å². The summed E-state index contributed by atoms with van der Waals surface area (Å²) in [6.07, 6.45) is 4.74. The fraction of sp³-hybridized carbons (Fsp3) is 0.286. The van der Waals surface area contributed by atoms with E-state index in [0.717, 1.165) is 0 Å². The Balaban J connectivity index is 2.59. The molecule has 0 saturated carbocycles. The van der Waals surface area contributed by atoms with Gasteiger partial charge in [0.05, 0.1) is 13.6 Å². The van der Waals surface area contributed by atoms with Gasteiger partial charge in [-0.1, -0.05) is 37.9 Å². The molecule has 20 heavy (non-hydrogen) atoms. The summed E-state index contributed by atoms with van der Waals surface area (Å²) < 4.78 is 66.7. The van der Waals surface area contributed by atoms with Gasteiger partial charge < -0.3 is 0 Å². The standard InChI is InChI=1S/C14H13F5Si/c1-20(2,3)8-5-4-7(6-8)9-10(15)12(17)14(19)13(18)11(9)16/h4-6,8H,1-3H3. The van der Waals surface area contributed by atoms with E-state index in [4.69, 9.17) is 0 Å². The molecule has 0 N–H and O–H groups in total. The molecule has 0 spiro atoms. The Morgan fingerprint density at radius 3 is 1.65 bits per heavy atom. The zero-order chi connectivity index (χ0) is 15.2. The Kier molecular flexibility index (Phi) is 3.62. The lowest BCUT2D eigenvalue weighted by atomic mass is 10.0. The highest BCUT2D eigenvalue weighted by atomic mass is 28.3. The monoisotopic (exact) mass is 304 g/mol. The van der Waals surface area contributed by atoms with Gasteiger partial charge in [-0.15, -0.1) is 0 Å². The van der Waals surface area contributed by atoms with Crippen molar-refractivity contribution >= 4 is 13.6 Å². The van der Waals surface area contributed by atoms with Crippen molar-refractivity contribution < 1.29 is 22.0 Å². The third-order valence-electron chi connectivity index (χ3n) is 3.34. The highest BCUT2D eigenvalue weighted by Crippen LogP contribution is 2.38. The number of rotatable bonds is 2. The van der Waals surface area contributed by atoms with E-state index in [9.17, 15) is 22.0 Å². The maximum atomic E-state index is 13.7. The van der Waals surface area contributed by atoms with Crippen LogP contribution in [0, 0.1) is 29.1 Å². The van der Waals surface area contributed by atoms with Crippen LogP contribution in [0.1, 0.15) is 5.56 Å². The molecule has 1 atom stereocenters. The van der Waals surface area contributed by atoms with E-state index in [2.05, 4.69) is 19.6 Å². The third-order valence-corrected chi connectivity index (χ3v) is 5.70. The average molecular weight is 304 g/mol. The van der Waals surface area contributed by atoms with Crippen molar-refractivity contribution in [2.75, 3.05) is 0 Å². The first kappa shape index (κ1) is 15.0. The van der Waals surface area contributed by atoms with Gasteiger partial charge in [-0.25, -0.2) is 22.0 Å². The molecule has 0 aliphatic heterocycles. The minimum absolute atomic E-state index is 0.00692. The van der Waals surface area contributed by atoms with Crippen LogP contribution < -0.4 is 0 Å². The molecule has 0 heterocycles. The lowest BCUT2D eigenvalue weighted by molar-refractivity contribution is 0.376. The quantitative estimate of drug-likeness (QED) is 0.311. The average Bonchev–Trinajstić information content (AvgIpc) is 2.83. The summed E-state index contributed by atoms with van der Waals surface area (Å²) in [4.78, 5) is 0. The fourth-order valence-electron chi connectivity index (χ4n) is 2.08. The third kappa shape index (κ3) is 2.32. The van der Waals surface area contributed by atoms with E-state index in [1.54, 1.807) is 12.2 Å². The van der Waals surface area contributed by atoms with Gasteiger partial charge in [-0.05, 0) is 11.1 Å². The topological polar surface area (TPSA) is 0 Å². The molecule has 1 aromatic carbocycles. The maximum absolute atomic E-state index is 13.7. The molecule has 0 fully saturated rings. The minimum Gasteiger partial charge on any atom is -0.203 e. The van der Waals surface area contributed by atoms with E-state index >= 15 is 0 Å². The van der Waals surface area contributed by atoms with E-state index in [1.807, 2.05) is 0 Å². The van der Waals surface area contributed by atoms with Crippen LogP contribution in [0.15, 0.2) is 18.2 Å². The molecule has 108 valence electrons. The van der Waals surface area contributed by atoms with Crippen LogP contribution in [0.3, 0.4) is 0 Å². The molecule has 1 unspecified atom stereocenters. The van der Waals surface area contributed by atoms with Crippen LogP contribution in [-0.4, -0.2) is 8.07 Å². The first-order valence-electron chi connectivity index (χ1n) is 6.06. The molecule has 0 saturated heterocycles. The van der Waals surface area contributed by atoms with Crippen molar-refractivity contribution in [2.45, 2.75) is 25.2 Å². The molecule has 0 aromatic heterocycles. The van der Waals surface area contributed by atoms with Crippen molar-refractivity contribution in [3.63, 3.8) is 0 Å². The molecule has 6 heteroatoms. The summed E-state index contributed by atoms with van der Waals surface area (Å²) in [6.45, 7) is 6.17. The zero-order valence-corrected chi connectivity index (χ0v) is 12.2. The first-order chi connectivity index (χ1) is 9.14. The number of benzene rings is 1. The lowest BCUT2D eigenvalue weighted by Gasteiger charge is -2.21. The molecule has 1 aliphatic rings. The summed E-state index contributed by atoms with van der Waals surface area (Å²) in [6, 6.07) is 0. The number of hydrogen-bond acceptors (Lipinski definition) is 0. The molecule has 0 nitrogen and oxygen atoms in total. The number of halogens is 5. The van der Waals surface area contributed by atoms with Crippen LogP contribution in [0.5, 0.6) is 0 Å². The summed E-state index contributed by atoms with van der Waals surface area (Å²) in [5, 5.41) is 0. The largest absolute Gasteiger partial charge is 0.203 e. The lowest BCUT2D eigenvalue weighted by Crippen LogP contribution is -2.24. The van der Waals surface area contributed by atoms with Crippen molar-refractivity contribution in [1.29, 1.82) is 0 Å². The van der Waals surface area contributed by atoms with Crippen LogP contribution >= 0.6 is 0 Å². The van der Waals surface area contributed by atoms with Crippen molar-refractivity contribution in [1.82, 2.24) is 0 Å². The second kappa shape index (κ2) is 4.84. The van der Waals surface area contributed by atoms with Crippen molar-refractivity contribution in [3.8, 4) is 0 Å². The number of allylic oxidation sites excluding steroid dienone is 4. The fourth-order valence-corrected chi connectivity index (χ4v) is 3.43. The highest BCUT2D eigenvalue weighted by Gasteiger charge is 2.31. The zero-order valence-electron chi connectivity index (χ0n) is 11.2. The van der Waals surface area contributed by atoms with Gasteiger partial charge in [0.25, 0.3) is 0 Å². The smallest absolute Gasteiger partial charge is 0.200 e. The molecule has 0 amide bonds. The Morgan fingerprint density at radius 1 is 0.800 bits per heavy atom. The van der Waals surface area contributed by atoms with Gasteiger partial charge in [0.15, 0.2) is 23.3 Å². The summed E-state index contributed by atoms with van der Waals surface area (Å²) in [5.74, 6) is -9.52. The molecule has 1 aromatic rings. The molecule has 0 radical (unpaired) electrons. The highest BCUT2D eigenvalue weighted by molar-refractivity contribution is 6.78. The van der Waals surface area contributed by atoms with Gasteiger partial charge in [-0.2, -0.15) is 0 Å². The van der Waals surface area contributed by atoms with Crippen molar-refractivity contribution in [3.05, 3.63) is 52.9 Å². The predicted molar refractivity (Wildman–Crippen MR) is 70.4 cm³/mol. The number of hydrogen-bond donors (Lipinski definition) is 0. The summed E-state index contributed by atoms with van der Waals surface area (Å²) in [7, 11) is -1.64. The second-order valence-electron chi connectivity index (χ2n) is 5.82. The van der Waals surface area contributed by atoms with Gasteiger partial charge in [0.2, 0.25) is 5.82 Å². The Hall–Kier alpha value is -1.43. The first-order valence-corrected chi connectivity index (χ1v) is 9.64. The SMILES string of the molecule is C[Si](C)(C)C1C=CC(c2c(F)c(F)c(F)c(F)c2F)=C1. The maximum Gasteiger partial charge on any atom is 0.200 e. The van der Waals surface area contributed by atoms with E-state index in [0.29, 0.717) is 0 Å². The Bertz CT molecular complexity index is 596. The van der Waals surface area contributed by atoms with Gasteiger partial charge in [-0.3, -0.25) is 0 Å². The molecular formula is C14H13F5Si. The van der Waals surface area contributed by atoms with E-state index < -0.39 is 42.7 Å². The van der Waals surface area contributed by atoms with Gasteiger partial charge in [0.1, 0.15) is 0 Å². The summed E-state index contributed by atoms with van der Waals surface area (Å²) >= 11 is 0. The second-order valence-corrected chi connectivity index (χ2v) is 11.2. The Morgan fingerprint density at radius 2 is 1.25 bits per heavy atom. The predicted octanol–water partition coefficient (Wildman–Crippen LogP) is 5.04. The molecule has 0 bridgehead atoms. The van der Waals surface area contributed by atoms with E-state index in [-0.39, 0.29) is 11.1 Å².